The highest BCUT2D eigenvalue weighted by atomic mass is 19.2. The normalized spacial score (nSPS) is 15.3. The van der Waals surface area contributed by atoms with Crippen LogP contribution in [0.15, 0.2) is 18.2 Å². The van der Waals surface area contributed by atoms with Gasteiger partial charge in [0.25, 0.3) is 0 Å². The molecule has 1 aromatic carbocycles. The molecule has 1 aromatic rings. The zero-order chi connectivity index (χ0) is 10.1. The second kappa shape index (κ2) is 3.36. The molecule has 0 aromatic heterocycles. The lowest BCUT2D eigenvalue weighted by molar-refractivity contribution is -0.117. The lowest BCUT2D eigenvalue weighted by atomic mass is 10.2. The first kappa shape index (κ1) is 9.12. The maximum Gasteiger partial charge on any atom is 0.227 e. The number of benzene rings is 1. The van der Waals surface area contributed by atoms with Crippen molar-refractivity contribution < 1.29 is 13.6 Å². The minimum absolute atomic E-state index is 0.0160. The summed E-state index contributed by atoms with van der Waals surface area (Å²) in [6.07, 6.45) is 1.67. The van der Waals surface area contributed by atoms with Gasteiger partial charge in [-0.25, -0.2) is 8.78 Å². The van der Waals surface area contributed by atoms with E-state index >= 15 is 0 Å². The van der Waals surface area contributed by atoms with Crippen LogP contribution in [0.5, 0.6) is 0 Å². The number of anilines is 1. The van der Waals surface area contributed by atoms with Gasteiger partial charge in [0.1, 0.15) is 0 Å². The van der Waals surface area contributed by atoms with E-state index in [-0.39, 0.29) is 17.5 Å². The first-order valence-corrected chi connectivity index (χ1v) is 4.43. The minimum Gasteiger partial charge on any atom is -0.323 e. The van der Waals surface area contributed by atoms with Crippen molar-refractivity contribution in [1.82, 2.24) is 0 Å². The Balaban J connectivity index is 2.15. The number of nitrogens with one attached hydrogen (secondary N) is 1. The van der Waals surface area contributed by atoms with Gasteiger partial charge >= 0.3 is 0 Å². The molecular weight excluding hydrogens is 188 g/mol. The number of hydrogen-bond donors (Lipinski definition) is 1. The van der Waals surface area contributed by atoms with Gasteiger partial charge in [0.2, 0.25) is 5.91 Å². The van der Waals surface area contributed by atoms with Crippen molar-refractivity contribution in [3.8, 4) is 0 Å². The number of halogens is 2. The molecule has 1 N–H and O–H groups in total. The molecule has 1 fully saturated rings. The van der Waals surface area contributed by atoms with Crippen LogP contribution in [0.3, 0.4) is 0 Å². The topological polar surface area (TPSA) is 29.1 Å². The van der Waals surface area contributed by atoms with Crippen molar-refractivity contribution in [2.45, 2.75) is 12.8 Å². The minimum atomic E-state index is -0.999. The van der Waals surface area contributed by atoms with Crippen molar-refractivity contribution in [2.75, 3.05) is 5.32 Å². The Morgan fingerprint density at radius 3 is 2.71 bits per heavy atom. The van der Waals surface area contributed by atoms with Crippen LogP contribution in [0.1, 0.15) is 12.8 Å². The molecule has 1 aliphatic rings. The van der Waals surface area contributed by atoms with E-state index in [0.29, 0.717) is 0 Å². The van der Waals surface area contributed by atoms with Crippen LogP contribution >= 0.6 is 0 Å². The molecule has 0 atom stereocenters. The third-order valence-corrected chi connectivity index (χ3v) is 2.16. The fourth-order valence-corrected chi connectivity index (χ4v) is 1.18. The highest BCUT2D eigenvalue weighted by Crippen LogP contribution is 2.30. The van der Waals surface area contributed by atoms with E-state index in [1.54, 1.807) is 0 Å². The van der Waals surface area contributed by atoms with Gasteiger partial charge in [0.05, 0.1) is 5.69 Å². The van der Waals surface area contributed by atoms with Crippen molar-refractivity contribution in [3.63, 3.8) is 0 Å². The summed E-state index contributed by atoms with van der Waals surface area (Å²) >= 11 is 0. The number of amides is 1. The predicted molar refractivity (Wildman–Crippen MR) is 47.7 cm³/mol. The molecule has 74 valence electrons. The maximum absolute atomic E-state index is 13.1. The van der Waals surface area contributed by atoms with Gasteiger partial charge in [0, 0.05) is 5.92 Å². The van der Waals surface area contributed by atoms with Crippen LogP contribution in [-0.4, -0.2) is 5.91 Å². The van der Waals surface area contributed by atoms with Crippen LogP contribution in [0.2, 0.25) is 0 Å². The summed E-state index contributed by atoms with van der Waals surface area (Å²) < 4.78 is 25.8. The Bertz CT molecular complexity index is 374. The molecule has 0 radical (unpaired) electrons. The van der Waals surface area contributed by atoms with Gasteiger partial charge in [-0.1, -0.05) is 6.07 Å². The van der Waals surface area contributed by atoms with Crippen LogP contribution in [0, 0.1) is 17.6 Å². The number of rotatable bonds is 2. The van der Waals surface area contributed by atoms with Crippen LogP contribution in [0.25, 0.3) is 0 Å². The molecule has 0 spiro atoms. The zero-order valence-corrected chi connectivity index (χ0v) is 7.39. The smallest absolute Gasteiger partial charge is 0.227 e. The SMILES string of the molecule is O=C(Nc1cccc(F)c1F)C1CC1. The largest absolute Gasteiger partial charge is 0.323 e. The Hall–Kier alpha value is -1.45. The quantitative estimate of drug-likeness (QED) is 0.774. The van der Waals surface area contributed by atoms with Crippen molar-refractivity contribution >= 4 is 11.6 Å². The van der Waals surface area contributed by atoms with Gasteiger partial charge in [-0.15, -0.1) is 0 Å². The Morgan fingerprint density at radius 2 is 2.07 bits per heavy atom. The number of hydrogen-bond acceptors (Lipinski definition) is 1. The van der Waals surface area contributed by atoms with Crippen LogP contribution < -0.4 is 5.32 Å². The Morgan fingerprint density at radius 1 is 1.36 bits per heavy atom. The lowest BCUT2D eigenvalue weighted by Crippen LogP contribution is -2.14. The van der Waals surface area contributed by atoms with E-state index in [4.69, 9.17) is 0 Å². The Labute approximate surface area is 79.9 Å². The Kier molecular flexibility index (Phi) is 2.19. The summed E-state index contributed by atoms with van der Waals surface area (Å²) in [5.41, 5.74) is -0.0816. The molecule has 0 unspecified atom stereocenters. The molecule has 4 heteroatoms. The summed E-state index contributed by atoms with van der Waals surface area (Å²) in [6.45, 7) is 0. The highest BCUT2D eigenvalue weighted by Gasteiger charge is 2.30. The predicted octanol–water partition coefficient (Wildman–Crippen LogP) is 2.31. The van der Waals surface area contributed by atoms with Crippen molar-refractivity contribution in [1.29, 1.82) is 0 Å². The van der Waals surface area contributed by atoms with Crippen molar-refractivity contribution in [2.24, 2.45) is 5.92 Å². The molecular formula is C10H9F2NO. The fraction of sp³-hybridized carbons (Fsp3) is 0.300. The second-order valence-electron chi connectivity index (χ2n) is 3.36. The summed E-state index contributed by atoms with van der Waals surface area (Å²) in [7, 11) is 0. The molecule has 1 amide bonds. The standard InChI is InChI=1S/C10H9F2NO/c11-7-2-1-3-8(9(7)12)13-10(14)6-4-5-6/h1-3,6H,4-5H2,(H,13,14). The highest BCUT2D eigenvalue weighted by molar-refractivity contribution is 5.94. The summed E-state index contributed by atoms with van der Waals surface area (Å²) in [6, 6.07) is 3.72. The molecule has 0 aliphatic heterocycles. The summed E-state index contributed by atoms with van der Waals surface area (Å²) in [4.78, 5) is 11.2. The van der Waals surface area contributed by atoms with E-state index in [1.807, 2.05) is 0 Å². The molecule has 2 rings (SSSR count). The second-order valence-corrected chi connectivity index (χ2v) is 3.36. The van der Waals surface area contributed by atoms with E-state index in [2.05, 4.69) is 5.32 Å². The lowest BCUT2D eigenvalue weighted by Gasteiger charge is -2.05. The summed E-state index contributed by atoms with van der Waals surface area (Å²) in [5.74, 6) is -2.19. The van der Waals surface area contributed by atoms with E-state index in [0.717, 1.165) is 18.9 Å². The monoisotopic (exact) mass is 197 g/mol. The molecule has 14 heavy (non-hydrogen) atoms. The van der Waals surface area contributed by atoms with E-state index in [1.165, 1.54) is 12.1 Å². The van der Waals surface area contributed by atoms with E-state index < -0.39 is 11.6 Å². The first-order valence-electron chi connectivity index (χ1n) is 4.43. The van der Waals surface area contributed by atoms with Gasteiger partial charge < -0.3 is 5.32 Å². The summed E-state index contributed by atoms with van der Waals surface area (Å²) in [5, 5.41) is 2.36. The molecule has 1 saturated carbocycles. The first-order chi connectivity index (χ1) is 6.68. The molecule has 0 saturated heterocycles. The molecule has 0 bridgehead atoms. The average Bonchev–Trinajstić information content (AvgIpc) is 2.95. The van der Waals surface area contributed by atoms with Gasteiger partial charge in [-0.2, -0.15) is 0 Å². The zero-order valence-electron chi connectivity index (χ0n) is 7.39. The fourth-order valence-electron chi connectivity index (χ4n) is 1.18. The number of carbonyl (C=O) groups excluding carboxylic acids is 1. The average molecular weight is 197 g/mol. The molecule has 1 aliphatic carbocycles. The van der Waals surface area contributed by atoms with Crippen LogP contribution in [0.4, 0.5) is 14.5 Å². The van der Waals surface area contributed by atoms with Crippen LogP contribution in [-0.2, 0) is 4.79 Å². The third kappa shape index (κ3) is 1.73. The van der Waals surface area contributed by atoms with E-state index in [9.17, 15) is 13.6 Å². The van der Waals surface area contributed by atoms with Gasteiger partial charge in [-0.05, 0) is 25.0 Å². The number of carbonyl (C=O) groups is 1. The molecule has 2 nitrogen and oxygen atoms in total. The van der Waals surface area contributed by atoms with Crippen molar-refractivity contribution in [3.05, 3.63) is 29.8 Å². The van der Waals surface area contributed by atoms with Gasteiger partial charge in [-0.3, -0.25) is 4.79 Å². The third-order valence-electron chi connectivity index (χ3n) is 2.16. The van der Waals surface area contributed by atoms with Gasteiger partial charge in [0.15, 0.2) is 11.6 Å². The molecule has 0 heterocycles. The maximum atomic E-state index is 13.1.